The van der Waals surface area contributed by atoms with Crippen LogP contribution in [0.2, 0.25) is 0 Å². The number of ketones is 2. The zero-order valence-electron chi connectivity index (χ0n) is 20.1. The van der Waals surface area contributed by atoms with Gasteiger partial charge in [-0.25, -0.2) is 4.39 Å². The van der Waals surface area contributed by atoms with Crippen LogP contribution in [0.3, 0.4) is 0 Å². The van der Waals surface area contributed by atoms with Gasteiger partial charge in [-0.3, -0.25) is 19.2 Å². The van der Waals surface area contributed by atoms with E-state index in [-0.39, 0.29) is 30.6 Å². The van der Waals surface area contributed by atoms with Crippen molar-refractivity contribution in [2.45, 2.75) is 44.6 Å². The number of fused-ring (bicyclic) bond motifs is 3. The van der Waals surface area contributed by atoms with Gasteiger partial charge in [0.2, 0.25) is 11.7 Å². The second kappa shape index (κ2) is 9.60. The van der Waals surface area contributed by atoms with E-state index >= 15 is 4.39 Å². The first kappa shape index (κ1) is 26.3. The number of nitrogens with two attached hydrogens (primary N) is 1. The Labute approximate surface area is 210 Å². The van der Waals surface area contributed by atoms with Crippen molar-refractivity contribution in [1.82, 2.24) is 5.32 Å². The average molecular weight is 518 g/mol. The lowest BCUT2D eigenvalue weighted by Crippen LogP contribution is -2.58. The number of aliphatic hydroxyl groups excluding tert-OH is 2. The van der Waals surface area contributed by atoms with Gasteiger partial charge in [-0.15, -0.1) is 0 Å². The summed E-state index contributed by atoms with van der Waals surface area (Å²) in [7, 11) is 0. The molecular weight excluding hydrogens is 489 g/mol. The number of carbonyl (C=O) groups excluding carboxylic acids is 4. The van der Waals surface area contributed by atoms with Crippen LogP contribution in [-0.4, -0.2) is 62.5 Å². The number of phenolic OH excluding ortho intramolecular Hbond substituents is 1. The first-order valence-corrected chi connectivity index (χ1v) is 12.0. The Balaban J connectivity index is 1.75. The Kier molecular flexibility index (Phi) is 6.82. The van der Waals surface area contributed by atoms with E-state index in [9.17, 15) is 39.6 Å². The highest BCUT2D eigenvalue weighted by Gasteiger charge is 2.60. The van der Waals surface area contributed by atoms with Crippen molar-refractivity contribution >= 4 is 34.8 Å². The monoisotopic (exact) mass is 517 g/mol. The summed E-state index contributed by atoms with van der Waals surface area (Å²) in [5.74, 6) is -9.46. The Morgan fingerprint density at radius 2 is 1.92 bits per heavy atom. The Bertz CT molecular complexity index is 1290. The number of aromatic hydroxyl groups is 1. The van der Waals surface area contributed by atoms with Crippen molar-refractivity contribution in [3.63, 3.8) is 0 Å². The molecule has 0 radical (unpaired) electrons. The number of halogens is 1. The number of benzene rings is 1. The smallest absolute Gasteiger partial charge is 0.255 e. The Morgan fingerprint density at radius 3 is 2.57 bits per heavy atom. The van der Waals surface area contributed by atoms with Gasteiger partial charge in [0.05, 0.1) is 17.8 Å². The molecule has 0 aromatic heterocycles. The number of primary amides is 1. The quantitative estimate of drug-likeness (QED) is 0.156. The largest absolute Gasteiger partial charge is 0.508 e. The minimum Gasteiger partial charge on any atom is -0.508 e. The lowest BCUT2D eigenvalue weighted by molar-refractivity contribution is -0.147. The first-order chi connectivity index (χ1) is 17.4. The molecule has 1 fully saturated rings. The van der Waals surface area contributed by atoms with Crippen molar-refractivity contribution in [1.29, 1.82) is 0 Å². The average Bonchev–Trinajstić information content (AvgIpc) is 2.82. The summed E-state index contributed by atoms with van der Waals surface area (Å²) in [6, 6.07) is 0.912. The number of carbonyl (C=O) groups is 4. The highest BCUT2D eigenvalue weighted by molar-refractivity contribution is 6.22. The molecule has 1 aromatic rings. The van der Waals surface area contributed by atoms with Crippen molar-refractivity contribution in [3.8, 4) is 5.75 Å². The van der Waals surface area contributed by atoms with E-state index in [0.717, 1.165) is 18.9 Å². The summed E-state index contributed by atoms with van der Waals surface area (Å²) in [4.78, 5) is 49.8. The number of rotatable bonds is 7. The highest BCUT2D eigenvalue weighted by atomic mass is 19.1. The molecule has 0 heterocycles. The standard InChI is InChI=1S/C25H28FN3O8/c1-2-3-4-28-9-16(31)29-14-8-13(26)12-6-10-5-11-7-15(30)19(24(27)36)23(35)25(11,37)22(34)17(10)21(33)18(12)20(14)32/h8,10-11,28,32-33,35,37H,2-7,9H2,1H3,(H2,27,36)(H,29,31)/t10?,11-,25-/m0/s1. The number of aliphatic hydroxyl groups is 3. The molecule has 0 saturated heterocycles. The fourth-order valence-corrected chi connectivity index (χ4v) is 5.44. The van der Waals surface area contributed by atoms with E-state index in [1.165, 1.54) is 0 Å². The third-order valence-corrected chi connectivity index (χ3v) is 7.28. The van der Waals surface area contributed by atoms with E-state index in [0.29, 0.717) is 6.54 Å². The lowest BCUT2D eigenvalue weighted by Gasteiger charge is -2.46. The summed E-state index contributed by atoms with van der Waals surface area (Å²) in [5.41, 5.74) is 0.295. The van der Waals surface area contributed by atoms with Crippen LogP contribution in [0.25, 0.3) is 5.76 Å². The third-order valence-electron chi connectivity index (χ3n) is 7.28. The van der Waals surface area contributed by atoms with Crippen molar-refractivity contribution in [2.24, 2.45) is 17.6 Å². The van der Waals surface area contributed by atoms with Crippen LogP contribution in [0.15, 0.2) is 23.0 Å². The number of anilines is 1. The van der Waals surface area contributed by atoms with Crippen molar-refractivity contribution < 1.29 is 44.0 Å². The summed E-state index contributed by atoms with van der Waals surface area (Å²) in [6.07, 6.45) is 1.02. The summed E-state index contributed by atoms with van der Waals surface area (Å²) in [6.45, 7) is 2.46. The molecule has 0 spiro atoms. The van der Waals surface area contributed by atoms with Gasteiger partial charge in [-0.1, -0.05) is 13.3 Å². The zero-order valence-corrected chi connectivity index (χ0v) is 20.1. The molecule has 0 aliphatic heterocycles. The predicted molar refractivity (Wildman–Crippen MR) is 128 cm³/mol. The minimum atomic E-state index is -2.71. The second-order valence-electron chi connectivity index (χ2n) is 9.59. The van der Waals surface area contributed by atoms with Gasteiger partial charge in [0.15, 0.2) is 17.1 Å². The summed E-state index contributed by atoms with van der Waals surface area (Å²) >= 11 is 0. The lowest BCUT2D eigenvalue weighted by atomic mass is 9.59. The molecule has 0 bridgehead atoms. The summed E-state index contributed by atoms with van der Waals surface area (Å²) < 4.78 is 15.1. The summed E-state index contributed by atoms with van der Waals surface area (Å²) in [5, 5.41) is 48.9. The molecule has 37 heavy (non-hydrogen) atoms. The molecule has 3 aliphatic rings. The number of Topliss-reactive ketones (excluding diaryl/α,β-unsaturated/α-hetero) is 2. The molecular formula is C25H28FN3O8. The van der Waals surface area contributed by atoms with Crippen LogP contribution in [0.4, 0.5) is 10.1 Å². The van der Waals surface area contributed by atoms with Crippen LogP contribution in [0.5, 0.6) is 5.75 Å². The maximum atomic E-state index is 15.1. The molecule has 1 aromatic carbocycles. The SMILES string of the molecule is CCCCNCC(=O)Nc1cc(F)c2c(c1O)C(O)=C1C(=O)[C@]3(O)C(O)=C(C(N)=O)C(=O)C[C@@H]3CC1C2. The predicted octanol–water partition coefficient (Wildman–Crippen LogP) is 0.891. The van der Waals surface area contributed by atoms with Crippen LogP contribution < -0.4 is 16.4 Å². The Morgan fingerprint density at radius 1 is 1.22 bits per heavy atom. The maximum absolute atomic E-state index is 15.1. The fraction of sp³-hybridized carbons (Fsp3) is 0.440. The Hall–Kier alpha value is -3.77. The molecule has 3 aliphatic carbocycles. The molecule has 2 amide bonds. The van der Waals surface area contributed by atoms with Gasteiger partial charge in [0, 0.05) is 29.5 Å². The van der Waals surface area contributed by atoms with Crippen LogP contribution in [-0.2, 0) is 25.6 Å². The van der Waals surface area contributed by atoms with E-state index in [1.807, 2.05) is 6.92 Å². The van der Waals surface area contributed by atoms with Gasteiger partial charge in [-0.2, -0.15) is 0 Å². The molecule has 8 N–H and O–H groups in total. The van der Waals surface area contributed by atoms with Crippen LogP contribution >= 0.6 is 0 Å². The second-order valence-corrected chi connectivity index (χ2v) is 9.59. The first-order valence-electron chi connectivity index (χ1n) is 12.0. The van der Waals surface area contributed by atoms with Crippen molar-refractivity contribution in [2.75, 3.05) is 18.4 Å². The van der Waals surface area contributed by atoms with Crippen LogP contribution in [0, 0.1) is 17.7 Å². The third kappa shape index (κ3) is 4.15. The topological polar surface area (TPSA) is 199 Å². The molecule has 1 unspecified atom stereocenters. The van der Waals surface area contributed by atoms with Crippen LogP contribution in [0.1, 0.15) is 43.7 Å². The van der Waals surface area contributed by atoms with Gasteiger partial charge >= 0.3 is 0 Å². The number of hydrogen-bond donors (Lipinski definition) is 7. The van der Waals surface area contributed by atoms with E-state index in [4.69, 9.17) is 5.73 Å². The van der Waals surface area contributed by atoms with E-state index < -0.39 is 87.0 Å². The molecule has 198 valence electrons. The normalized spacial score (nSPS) is 24.9. The van der Waals surface area contributed by atoms with E-state index in [2.05, 4.69) is 10.6 Å². The number of unbranched alkanes of at least 4 members (excludes halogenated alkanes) is 1. The number of hydrogen-bond acceptors (Lipinski definition) is 9. The van der Waals surface area contributed by atoms with Gasteiger partial charge in [0.1, 0.15) is 22.9 Å². The zero-order chi connectivity index (χ0) is 27.2. The van der Waals surface area contributed by atoms with Gasteiger partial charge < -0.3 is 36.8 Å². The minimum absolute atomic E-state index is 0.104. The van der Waals surface area contributed by atoms with Crippen molar-refractivity contribution in [3.05, 3.63) is 39.9 Å². The fourth-order valence-electron chi connectivity index (χ4n) is 5.44. The highest BCUT2D eigenvalue weighted by Crippen LogP contribution is 2.53. The molecule has 3 atom stereocenters. The molecule has 11 nitrogen and oxygen atoms in total. The van der Waals surface area contributed by atoms with E-state index in [1.54, 1.807) is 0 Å². The number of phenols is 1. The number of nitrogens with one attached hydrogen (secondary N) is 2. The number of amides is 2. The molecule has 4 rings (SSSR count). The maximum Gasteiger partial charge on any atom is 0.255 e. The molecule has 12 heteroatoms. The van der Waals surface area contributed by atoms with Gasteiger partial charge in [-0.05, 0) is 31.7 Å². The van der Waals surface area contributed by atoms with Gasteiger partial charge in [0.25, 0.3) is 5.91 Å². The molecule has 1 saturated carbocycles.